The molecule has 33 heavy (non-hydrogen) atoms. The van der Waals surface area contributed by atoms with E-state index in [0.29, 0.717) is 24.2 Å². The topological polar surface area (TPSA) is 76.3 Å². The van der Waals surface area contributed by atoms with Crippen molar-refractivity contribution < 1.29 is 26.0 Å². The van der Waals surface area contributed by atoms with Gasteiger partial charge in [0, 0.05) is 23.9 Å². The molecule has 6 nitrogen and oxygen atoms in total. The quantitative estimate of drug-likeness (QED) is 0.402. The van der Waals surface area contributed by atoms with Crippen molar-refractivity contribution in [1.82, 2.24) is 14.5 Å². The lowest BCUT2D eigenvalue weighted by atomic mass is 10.1. The number of benzene rings is 2. The molecule has 4 rings (SSSR count). The maximum Gasteiger partial charge on any atom is 0.416 e. The minimum absolute atomic E-state index is 0.174. The SMILES string of the molecule is CC(Sc1nnc(-c2cccc(S(=O)(=O)N3CCCCC3)c2)o1)c1ccc(C(F)(F)F)cc1. The van der Waals surface area contributed by atoms with Crippen molar-refractivity contribution in [2.75, 3.05) is 13.1 Å². The van der Waals surface area contributed by atoms with E-state index < -0.39 is 21.8 Å². The van der Waals surface area contributed by atoms with Gasteiger partial charge in [-0.1, -0.05) is 36.4 Å². The average molecular weight is 498 g/mol. The number of thioether (sulfide) groups is 1. The summed E-state index contributed by atoms with van der Waals surface area (Å²) < 4.78 is 71.4. The number of sulfonamides is 1. The summed E-state index contributed by atoms with van der Waals surface area (Å²) in [6, 6.07) is 11.3. The number of rotatable bonds is 6. The zero-order chi connectivity index (χ0) is 23.6. The molecule has 2 aromatic carbocycles. The number of piperidine rings is 1. The zero-order valence-corrected chi connectivity index (χ0v) is 19.4. The highest BCUT2D eigenvalue weighted by atomic mass is 32.2. The Bertz CT molecular complexity index is 1210. The minimum Gasteiger partial charge on any atom is -0.411 e. The lowest BCUT2D eigenvalue weighted by Gasteiger charge is -2.25. The third-order valence-corrected chi connectivity index (χ3v) is 8.31. The highest BCUT2D eigenvalue weighted by Gasteiger charge is 2.30. The summed E-state index contributed by atoms with van der Waals surface area (Å²) in [5.41, 5.74) is 0.458. The van der Waals surface area contributed by atoms with E-state index in [1.54, 1.807) is 18.2 Å². The molecule has 0 bridgehead atoms. The van der Waals surface area contributed by atoms with Crippen LogP contribution in [-0.2, 0) is 16.2 Å². The van der Waals surface area contributed by atoms with Crippen LogP contribution in [-0.4, -0.2) is 36.0 Å². The maximum absolute atomic E-state index is 12.9. The van der Waals surface area contributed by atoms with Gasteiger partial charge in [-0.05, 0) is 55.7 Å². The predicted octanol–water partition coefficient (Wildman–Crippen LogP) is 5.78. The molecule has 1 aliphatic heterocycles. The first kappa shape index (κ1) is 23.8. The molecule has 1 aliphatic rings. The molecule has 0 N–H and O–H groups in total. The molecular formula is C22H22F3N3O3S2. The lowest BCUT2D eigenvalue weighted by molar-refractivity contribution is -0.137. The maximum atomic E-state index is 12.9. The van der Waals surface area contributed by atoms with Crippen LogP contribution in [0.2, 0.25) is 0 Å². The van der Waals surface area contributed by atoms with E-state index in [9.17, 15) is 21.6 Å². The fraction of sp³-hybridized carbons (Fsp3) is 0.364. The summed E-state index contributed by atoms with van der Waals surface area (Å²) in [4.78, 5) is 0.174. The summed E-state index contributed by atoms with van der Waals surface area (Å²) in [7, 11) is -3.60. The molecule has 0 saturated carbocycles. The molecule has 0 radical (unpaired) electrons. The van der Waals surface area contributed by atoms with Gasteiger partial charge in [0.05, 0.1) is 10.5 Å². The molecule has 1 fully saturated rings. The second-order valence-corrected chi connectivity index (χ2v) is 11.0. The van der Waals surface area contributed by atoms with Crippen LogP contribution in [0.15, 0.2) is 63.1 Å². The van der Waals surface area contributed by atoms with Gasteiger partial charge < -0.3 is 4.42 Å². The van der Waals surface area contributed by atoms with Crippen molar-refractivity contribution in [2.24, 2.45) is 0 Å². The van der Waals surface area contributed by atoms with Crippen molar-refractivity contribution in [1.29, 1.82) is 0 Å². The molecule has 3 aromatic rings. The van der Waals surface area contributed by atoms with E-state index in [-0.39, 0.29) is 21.3 Å². The largest absolute Gasteiger partial charge is 0.416 e. The Balaban J connectivity index is 1.49. The number of alkyl halides is 3. The first-order chi connectivity index (χ1) is 15.6. The van der Waals surface area contributed by atoms with Crippen LogP contribution >= 0.6 is 11.8 Å². The van der Waals surface area contributed by atoms with Gasteiger partial charge in [-0.15, -0.1) is 10.2 Å². The number of hydrogen-bond acceptors (Lipinski definition) is 6. The first-order valence-electron chi connectivity index (χ1n) is 10.4. The van der Waals surface area contributed by atoms with E-state index in [0.717, 1.165) is 31.4 Å². The average Bonchev–Trinajstić information content (AvgIpc) is 3.28. The number of nitrogens with zero attached hydrogens (tertiary/aromatic N) is 3. The molecule has 2 heterocycles. The Morgan fingerprint density at radius 3 is 2.39 bits per heavy atom. The molecule has 0 spiro atoms. The Morgan fingerprint density at radius 1 is 1.03 bits per heavy atom. The molecular weight excluding hydrogens is 475 g/mol. The lowest BCUT2D eigenvalue weighted by Crippen LogP contribution is -2.35. The number of halogens is 3. The van der Waals surface area contributed by atoms with Crippen LogP contribution in [0.1, 0.15) is 42.6 Å². The third kappa shape index (κ3) is 5.42. The Kier molecular flexibility index (Phi) is 6.83. The number of hydrogen-bond donors (Lipinski definition) is 0. The highest BCUT2D eigenvalue weighted by Crippen LogP contribution is 2.37. The first-order valence-corrected chi connectivity index (χ1v) is 12.7. The molecule has 176 valence electrons. The van der Waals surface area contributed by atoms with E-state index >= 15 is 0 Å². The second-order valence-electron chi connectivity index (χ2n) is 7.75. The van der Waals surface area contributed by atoms with Crippen molar-refractivity contribution in [3.8, 4) is 11.5 Å². The molecule has 0 aliphatic carbocycles. The van der Waals surface area contributed by atoms with E-state index in [1.807, 2.05) is 6.92 Å². The predicted molar refractivity (Wildman–Crippen MR) is 118 cm³/mol. The van der Waals surface area contributed by atoms with Crippen LogP contribution in [0.25, 0.3) is 11.5 Å². The van der Waals surface area contributed by atoms with E-state index in [4.69, 9.17) is 4.42 Å². The van der Waals surface area contributed by atoms with Gasteiger partial charge in [-0.25, -0.2) is 8.42 Å². The molecule has 1 atom stereocenters. The Hall–Kier alpha value is -2.37. The van der Waals surface area contributed by atoms with Crippen LogP contribution in [0.3, 0.4) is 0 Å². The molecule has 11 heteroatoms. The Labute approximate surface area is 194 Å². The Morgan fingerprint density at radius 2 is 1.73 bits per heavy atom. The number of aromatic nitrogens is 2. The normalized spacial score (nSPS) is 16.6. The van der Waals surface area contributed by atoms with Crippen molar-refractivity contribution in [3.05, 3.63) is 59.7 Å². The van der Waals surface area contributed by atoms with Crippen molar-refractivity contribution in [3.63, 3.8) is 0 Å². The monoisotopic (exact) mass is 497 g/mol. The van der Waals surface area contributed by atoms with Gasteiger partial charge in [0.15, 0.2) is 0 Å². The standard InChI is InChI=1S/C22H22F3N3O3S2/c1-15(16-8-10-18(11-9-16)22(23,24)25)32-21-27-26-20(31-21)17-6-5-7-19(14-17)33(29,30)28-12-3-2-4-13-28/h5-11,14-15H,2-4,12-13H2,1H3. The zero-order valence-electron chi connectivity index (χ0n) is 17.7. The van der Waals surface area contributed by atoms with Crippen molar-refractivity contribution >= 4 is 21.8 Å². The smallest absolute Gasteiger partial charge is 0.411 e. The summed E-state index contributed by atoms with van der Waals surface area (Å²) in [5.74, 6) is 0.174. The molecule has 1 unspecified atom stereocenters. The minimum atomic E-state index is -4.38. The fourth-order valence-electron chi connectivity index (χ4n) is 3.58. The van der Waals surface area contributed by atoms with E-state index in [1.165, 1.54) is 34.3 Å². The van der Waals surface area contributed by atoms with Crippen LogP contribution in [0.4, 0.5) is 13.2 Å². The van der Waals surface area contributed by atoms with Crippen molar-refractivity contribution in [2.45, 2.75) is 47.7 Å². The van der Waals surface area contributed by atoms with Gasteiger partial charge in [-0.2, -0.15) is 17.5 Å². The van der Waals surface area contributed by atoms with Gasteiger partial charge >= 0.3 is 6.18 Å². The summed E-state index contributed by atoms with van der Waals surface area (Å²) >= 11 is 1.21. The van der Waals surface area contributed by atoms with Gasteiger partial charge in [0.25, 0.3) is 5.22 Å². The fourth-order valence-corrected chi connectivity index (χ4v) is 5.95. The van der Waals surface area contributed by atoms with Gasteiger partial charge in [0.1, 0.15) is 0 Å². The molecule has 0 amide bonds. The third-order valence-electron chi connectivity index (χ3n) is 5.43. The summed E-state index contributed by atoms with van der Waals surface area (Å²) in [6.45, 7) is 2.84. The summed E-state index contributed by atoms with van der Waals surface area (Å²) in [6.07, 6.45) is -1.66. The summed E-state index contributed by atoms with van der Waals surface area (Å²) in [5, 5.41) is 8.03. The van der Waals surface area contributed by atoms with Crippen LogP contribution in [0.5, 0.6) is 0 Å². The molecule has 1 saturated heterocycles. The highest BCUT2D eigenvalue weighted by molar-refractivity contribution is 7.99. The van der Waals surface area contributed by atoms with Gasteiger partial charge in [0.2, 0.25) is 15.9 Å². The van der Waals surface area contributed by atoms with Gasteiger partial charge in [-0.3, -0.25) is 0 Å². The molecule has 1 aromatic heterocycles. The van der Waals surface area contributed by atoms with Crippen LogP contribution in [0, 0.1) is 0 Å². The van der Waals surface area contributed by atoms with Crippen LogP contribution < -0.4 is 0 Å². The second kappa shape index (κ2) is 9.47. The van der Waals surface area contributed by atoms with E-state index in [2.05, 4.69) is 10.2 Å².